The Kier molecular flexibility index (Phi) is 5.01. The Hall–Kier alpha value is -0.650. The molecule has 1 fully saturated rings. The van der Waals surface area contributed by atoms with E-state index in [0.717, 1.165) is 12.8 Å². The van der Waals surface area contributed by atoms with Gasteiger partial charge in [-0.05, 0) is 12.8 Å². The quantitative estimate of drug-likeness (QED) is 0.516. The summed E-state index contributed by atoms with van der Waals surface area (Å²) >= 11 is 0. The normalized spacial score (nSPS) is 26.3. The molecular formula is C10H19NO4. The van der Waals surface area contributed by atoms with Crippen LogP contribution >= 0.6 is 0 Å². The van der Waals surface area contributed by atoms with Gasteiger partial charge in [-0.3, -0.25) is 5.32 Å². The van der Waals surface area contributed by atoms with Gasteiger partial charge in [-0.1, -0.05) is 0 Å². The van der Waals surface area contributed by atoms with Gasteiger partial charge < -0.3 is 14.2 Å². The molecule has 1 aliphatic heterocycles. The first-order chi connectivity index (χ1) is 7.25. The van der Waals surface area contributed by atoms with Crippen LogP contribution < -0.4 is 5.32 Å². The molecule has 88 valence electrons. The average molecular weight is 217 g/mol. The first kappa shape index (κ1) is 12.4. The summed E-state index contributed by atoms with van der Waals surface area (Å²) in [7, 11) is 3.03. The Morgan fingerprint density at radius 3 is 2.87 bits per heavy atom. The number of carbonyl (C=O) groups excluding carboxylic acids is 1. The van der Waals surface area contributed by atoms with Crippen LogP contribution in [0.3, 0.4) is 0 Å². The lowest BCUT2D eigenvalue weighted by atomic mass is 9.92. The smallest absolute Gasteiger partial charge is 0.328 e. The molecular weight excluding hydrogens is 198 g/mol. The third kappa shape index (κ3) is 3.15. The largest absolute Gasteiger partial charge is 0.468 e. The second-order valence-electron chi connectivity index (χ2n) is 3.65. The Bertz CT molecular complexity index is 202. The highest BCUT2D eigenvalue weighted by molar-refractivity contribution is 5.81. The van der Waals surface area contributed by atoms with E-state index in [1.807, 2.05) is 0 Å². The minimum absolute atomic E-state index is 0.252. The second kappa shape index (κ2) is 6.05. The third-order valence-corrected chi connectivity index (χ3v) is 2.59. The van der Waals surface area contributed by atoms with Crippen LogP contribution in [0.25, 0.3) is 0 Å². The molecule has 0 spiro atoms. The van der Waals surface area contributed by atoms with Crippen LogP contribution in [0.4, 0.5) is 0 Å². The maximum atomic E-state index is 11.7. The molecule has 1 heterocycles. The van der Waals surface area contributed by atoms with E-state index < -0.39 is 5.54 Å². The Balaban J connectivity index is 2.54. The number of nitrogens with one attached hydrogen (secondary N) is 1. The molecule has 15 heavy (non-hydrogen) atoms. The fourth-order valence-electron chi connectivity index (χ4n) is 1.75. The fourth-order valence-corrected chi connectivity index (χ4v) is 1.75. The number of hydrogen-bond acceptors (Lipinski definition) is 5. The van der Waals surface area contributed by atoms with Gasteiger partial charge in [-0.2, -0.15) is 0 Å². The molecule has 0 amide bonds. The van der Waals surface area contributed by atoms with Gasteiger partial charge in [-0.25, -0.2) is 4.79 Å². The zero-order valence-corrected chi connectivity index (χ0v) is 9.38. The van der Waals surface area contributed by atoms with Crippen LogP contribution in [-0.4, -0.2) is 52.1 Å². The molecule has 1 rings (SSSR count). The van der Waals surface area contributed by atoms with Crippen molar-refractivity contribution < 1.29 is 19.0 Å². The molecule has 1 N–H and O–H groups in total. The summed E-state index contributed by atoms with van der Waals surface area (Å²) in [6.45, 7) is 2.28. The Morgan fingerprint density at radius 2 is 2.33 bits per heavy atom. The minimum atomic E-state index is -0.675. The number of hydrogen-bond donors (Lipinski definition) is 1. The predicted molar refractivity (Wildman–Crippen MR) is 54.7 cm³/mol. The van der Waals surface area contributed by atoms with E-state index in [1.54, 1.807) is 7.11 Å². The van der Waals surface area contributed by atoms with Crippen molar-refractivity contribution in [2.45, 2.75) is 18.4 Å². The van der Waals surface area contributed by atoms with Crippen molar-refractivity contribution in [1.82, 2.24) is 5.32 Å². The molecule has 1 aliphatic rings. The first-order valence-corrected chi connectivity index (χ1v) is 5.15. The molecule has 5 nitrogen and oxygen atoms in total. The van der Waals surface area contributed by atoms with Gasteiger partial charge in [0.25, 0.3) is 0 Å². The monoisotopic (exact) mass is 217 g/mol. The lowest BCUT2D eigenvalue weighted by Crippen LogP contribution is -2.58. The number of ether oxygens (including phenoxy) is 3. The van der Waals surface area contributed by atoms with Crippen LogP contribution in [0, 0.1) is 0 Å². The lowest BCUT2D eigenvalue weighted by Gasteiger charge is -2.35. The maximum absolute atomic E-state index is 11.7. The molecule has 1 unspecified atom stereocenters. The minimum Gasteiger partial charge on any atom is -0.468 e. The molecule has 0 aromatic carbocycles. The number of methoxy groups -OCH3 is 2. The summed E-state index contributed by atoms with van der Waals surface area (Å²) in [4.78, 5) is 11.7. The molecule has 1 atom stereocenters. The van der Waals surface area contributed by atoms with Crippen LogP contribution in [-0.2, 0) is 19.0 Å². The Morgan fingerprint density at radius 1 is 1.53 bits per heavy atom. The van der Waals surface area contributed by atoms with Crippen LogP contribution in [0.15, 0.2) is 0 Å². The van der Waals surface area contributed by atoms with E-state index in [9.17, 15) is 4.79 Å². The van der Waals surface area contributed by atoms with Crippen molar-refractivity contribution in [2.75, 3.05) is 40.6 Å². The average Bonchev–Trinajstić information content (AvgIpc) is 2.29. The summed E-state index contributed by atoms with van der Waals surface area (Å²) < 4.78 is 15.1. The van der Waals surface area contributed by atoms with Gasteiger partial charge in [0.15, 0.2) is 0 Å². The SMILES string of the molecule is COCCNC1(C(=O)OC)CCCOC1. The van der Waals surface area contributed by atoms with Gasteiger partial charge in [-0.15, -0.1) is 0 Å². The lowest BCUT2D eigenvalue weighted by molar-refractivity contribution is -0.154. The van der Waals surface area contributed by atoms with Crippen molar-refractivity contribution in [3.05, 3.63) is 0 Å². The maximum Gasteiger partial charge on any atom is 0.328 e. The third-order valence-electron chi connectivity index (χ3n) is 2.59. The molecule has 0 aliphatic carbocycles. The van der Waals surface area contributed by atoms with Crippen molar-refractivity contribution in [3.63, 3.8) is 0 Å². The predicted octanol–water partition coefficient (Wildman–Crippen LogP) is -0.0554. The summed E-state index contributed by atoms with van der Waals surface area (Å²) in [5.74, 6) is -0.252. The summed E-state index contributed by atoms with van der Waals surface area (Å²) in [6, 6.07) is 0. The highest BCUT2D eigenvalue weighted by Crippen LogP contribution is 2.20. The number of esters is 1. The number of rotatable bonds is 5. The topological polar surface area (TPSA) is 56.8 Å². The summed E-state index contributed by atoms with van der Waals surface area (Å²) in [5.41, 5.74) is -0.675. The van der Waals surface area contributed by atoms with E-state index in [-0.39, 0.29) is 5.97 Å². The van der Waals surface area contributed by atoms with E-state index in [2.05, 4.69) is 5.32 Å². The van der Waals surface area contributed by atoms with Gasteiger partial charge in [0.2, 0.25) is 0 Å². The van der Waals surface area contributed by atoms with Gasteiger partial charge in [0.1, 0.15) is 5.54 Å². The first-order valence-electron chi connectivity index (χ1n) is 5.15. The van der Waals surface area contributed by atoms with Crippen molar-refractivity contribution in [1.29, 1.82) is 0 Å². The zero-order valence-electron chi connectivity index (χ0n) is 9.38. The van der Waals surface area contributed by atoms with Crippen molar-refractivity contribution in [2.24, 2.45) is 0 Å². The van der Waals surface area contributed by atoms with Crippen molar-refractivity contribution >= 4 is 5.97 Å². The van der Waals surface area contributed by atoms with E-state index >= 15 is 0 Å². The van der Waals surface area contributed by atoms with Gasteiger partial charge in [0.05, 0.1) is 20.3 Å². The molecule has 0 aromatic heterocycles. The van der Waals surface area contributed by atoms with Gasteiger partial charge in [0, 0.05) is 20.3 Å². The molecule has 0 saturated carbocycles. The zero-order chi connectivity index (χ0) is 11.1. The highest BCUT2D eigenvalue weighted by Gasteiger charge is 2.40. The molecule has 5 heteroatoms. The second-order valence-corrected chi connectivity index (χ2v) is 3.65. The summed E-state index contributed by atoms with van der Waals surface area (Å²) in [5, 5.41) is 3.16. The van der Waals surface area contributed by atoms with Crippen LogP contribution in [0.5, 0.6) is 0 Å². The van der Waals surface area contributed by atoms with E-state index in [0.29, 0.717) is 26.4 Å². The number of carbonyl (C=O) groups is 1. The summed E-state index contributed by atoms with van der Waals surface area (Å²) in [6.07, 6.45) is 1.62. The van der Waals surface area contributed by atoms with E-state index in [1.165, 1.54) is 7.11 Å². The molecule has 0 aromatic rings. The highest BCUT2D eigenvalue weighted by atomic mass is 16.5. The van der Waals surface area contributed by atoms with Crippen LogP contribution in [0.1, 0.15) is 12.8 Å². The molecule has 1 saturated heterocycles. The standard InChI is InChI=1S/C10H19NO4/c1-13-7-5-11-10(9(12)14-2)4-3-6-15-8-10/h11H,3-8H2,1-2H3. The molecule has 0 bridgehead atoms. The van der Waals surface area contributed by atoms with Crippen LogP contribution in [0.2, 0.25) is 0 Å². The Labute approximate surface area is 90.1 Å². The van der Waals surface area contributed by atoms with Crippen molar-refractivity contribution in [3.8, 4) is 0 Å². The fraction of sp³-hybridized carbons (Fsp3) is 0.900. The van der Waals surface area contributed by atoms with E-state index in [4.69, 9.17) is 14.2 Å². The van der Waals surface area contributed by atoms with Gasteiger partial charge >= 0.3 is 5.97 Å². The molecule has 0 radical (unpaired) electrons.